The van der Waals surface area contributed by atoms with Gasteiger partial charge in [-0.3, -0.25) is 14.4 Å². The van der Waals surface area contributed by atoms with Crippen molar-refractivity contribution in [2.45, 2.75) is 77.4 Å². The Kier molecular flexibility index (Phi) is 13.0. The van der Waals surface area contributed by atoms with Crippen molar-refractivity contribution in [3.8, 4) is 22.3 Å². The van der Waals surface area contributed by atoms with E-state index in [1.807, 2.05) is 37.3 Å². The minimum absolute atomic E-state index is 0.129. The van der Waals surface area contributed by atoms with Gasteiger partial charge in [-0.05, 0) is 101 Å². The van der Waals surface area contributed by atoms with E-state index in [1.54, 1.807) is 11.3 Å². The van der Waals surface area contributed by atoms with Gasteiger partial charge < -0.3 is 29.4 Å². The number of H-pyrrole nitrogens is 1. The van der Waals surface area contributed by atoms with Gasteiger partial charge in [0, 0.05) is 39.7 Å². The number of rotatable bonds is 16. The summed E-state index contributed by atoms with van der Waals surface area (Å²) in [6.45, 7) is 11.5. The SMILES string of the molecule is Cc1sc2c(c1C)C(c1ccc(Cl)cc1)=N[C@@H](CC(=O)NCCOCCOCCN1CCC(c3ccc(-c4nc5nc(OC6CCC6)[nH]c5cc4Cl)cc3)CC1)c1nnc(C)n1-2. The molecule has 2 fully saturated rings. The van der Waals surface area contributed by atoms with Crippen molar-refractivity contribution in [3.63, 3.8) is 0 Å². The summed E-state index contributed by atoms with van der Waals surface area (Å²) < 4.78 is 19.7. The lowest BCUT2D eigenvalue weighted by Crippen LogP contribution is -2.35. The number of pyridine rings is 1. The van der Waals surface area contributed by atoms with Crippen molar-refractivity contribution in [3.05, 3.63) is 103 Å². The van der Waals surface area contributed by atoms with E-state index in [0.717, 1.165) is 95.3 Å². The number of benzene rings is 2. The van der Waals surface area contributed by atoms with E-state index in [1.165, 1.54) is 16.9 Å². The number of nitrogens with zero attached hydrogens (tertiary/aromatic N) is 7. The van der Waals surface area contributed by atoms with E-state index in [4.69, 9.17) is 47.4 Å². The fraction of sp³-hybridized carbons (Fsp3) is 0.435. The summed E-state index contributed by atoms with van der Waals surface area (Å²) >= 11 is 14.6. The summed E-state index contributed by atoms with van der Waals surface area (Å²) in [5.41, 5.74) is 8.38. The number of aliphatic imine (C=N–C) groups is 1. The molecule has 9 rings (SSSR count). The van der Waals surface area contributed by atoms with Gasteiger partial charge in [0.2, 0.25) is 5.91 Å². The second-order valence-corrected chi connectivity index (χ2v) is 18.4. The first kappa shape index (κ1) is 42.6. The fourth-order valence-corrected chi connectivity index (χ4v) is 9.96. The van der Waals surface area contributed by atoms with Crippen molar-refractivity contribution in [1.82, 2.24) is 39.9 Å². The first-order valence-electron chi connectivity index (χ1n) is 21.5. The van der Waals surface area contributed by atoms with Crippen LogP contribution in [0.2, 0.25) is 10.0 Å². The maximum atomic E-state index is 13.3. The number of likely N-dealkylation sites (tertiary alicyclic amines) is 1. The molecule has 1 saturated heterocycles. The van der Waals surface area contributed by atoms with Gasteiger partial charge >= 0.3 is 0 Å². The van der Waals surface area contributed by atoms with Crippen LogP contribution in [0.3, 0.4) is 0 Å². The van der Waals surface area contributed by atoms with Crippen molar-refractivity contribution >= 4 is 57.3 Å². The molecule has 2 N–H and O–H groups in total. The van der Waals surface area contributed by atoms with E-state index in [2.05, 4.69) is 73.1 Å². The molecule has 3 aliphatic rings. The number of aromatic nitrogens is 6. The summed E-state index contributed by atoms with van der Waals surface area (Å²) in [5.74, 6) is 1.79. The third-order valence-electron chi connectivity index (χ3n) is 12.2. The number of nitrogens with one attached hydrogen (secondary N) is 2. The van der Waals surface area contributed by atoms with Gasteiger partial charge in [-0.15, -0.1) is 21.5 Å². The standard InChI is InChI=1S/C46H51Cl2N9O4S/c1-27-28(2)62-45-40(27)42(33-11-13-34(47)14-12-33)50-38(44-55-54-29(3)57(44)45)26-39(58)49-17-21-59-23-24-60-22-20-56-18-15-31(16-19-56)30-7-9-32(10-8-30)41-36(48)25-37-43(52-41)53-46(51-37)61-35-5-4-6-35/h7-14,25,31,35,38H,4-6,15-24,26H2,1-3H3,(H,49,58)(H,51,52,53)/t38-/m0/s1. The Bertz CT molecular complexity index is 2560. The van der Waals surface area contributed by atoms with Crippen LogP contribution >= 0.6 is 34.5 Å². The minimum atomic E-state index is -0.521. The lowest BCUT2D eigenvalue weighted by molar-refractivity contribution is -0.121. The number of aryl methyl sites for hydroxylation is 2. The molecule has 1 atom stereocenters. The second-order valence-electron chi connectivity index (χ2n) is 16.3. The Morgan fingerprint density at radius 2 is 1.65 bits per heavy atom. The monoisotopic (exact) mass is 895 g/mol. The van der Waals surface area contributed by atoms with Crippen LogP contribution in [-0.2, 0) is 14.3 Å². The predicted molar refractivity (Wildman–Crippen MR) is 244 cm³/mol. The number of fused-ring (bicyclic) bond motifs is 4. The Morgan fingerprint density at radius 1 is 0.903 bits per heavy atom. The van der Waals surface area contributed by atoms with E-state index >= 15 is 0 Å². The normalized spacial score (nSPS) is 17.0. The first-order chi connectivity index (χ1) is 30.2. The summed E-state index contributed by atoms with van der Waals surface area (Å²) in [6, 6.07) is 18.2. The average molecular weight is 897 g/mol. The summed E-state index contributed by atoms with van der Waals surface area (Å²) in [6.07, 6.45) is 5.90. The van der Waals surface area contributed by atoms with E-state index in [-0.39, 0.29) is 18.4 Å². The van der Waals surface area contributed by atoms with Gasteiger partial charge in [0.05, 0.1) is 54.8 Å². The smallest absolute Gasteiger partial charge is 0.296 e. The molecule has 2 aliphatic heterocycles. The maximum absolute atomic E-state index is 13.3. The number of halogens is 2. The molecule has 0 bridgehead atoms. The van der Waals surface area contributed by atoms with Crippen molar-refractivity contribution < 1.29 is 19.0 Å². The Balaban J connectivity index is 0.681. The molecule has 13 nitrogen and oxygen atoms in total. The average Bonchev–Trinajstić information content (AvgIpc) is 3.90. The van der Waals surface area contributed by atoms with E-state index < -0.39 is 6.04 Å². The van der Waals surface area contributed by atoms with Gasteiger partial charge in [0.1, 0.15) is 23.0 Å². The lowest BCUT2D eigenvalue weighted by Gasteiger charge is -2.32. The number of amides is 1. The lowest BCUT2D eigenvalue weighted by atomic mass is 9.89. The topological polar surface area (TPSA) is 145 Å². The fourth-order valence-electron chi connectivity index (χ4n) is 8.36. The van der Waals surface area contributed by atoms with Gasteiger partial charge in [-0.1, -0.05) is 59.6 Å². The highest BCUT2D eigenvalue weighted by molar-refractivity contribution is 7.15. The molecule has 0 radical (unpaired) electrons. The van der Waals surface area contributed by atoms with Crippen LogP contribution in [0, 0.1) is 20.8 Å². The number of hydrogen-bond donors (Lipinski definition) is 2. The zero-order chi connectivity index (χ0) is 42.7. The van der Waals surface area contributed by atoms with Crippen LogP contribution in [0.4, 0.5) is 0 Å². The van der Waals surface area contributed by atoms with Crippen molar-refractivity contribution in [2.75, 3.05) is 52.6 Å². The molecule has 1 saturated carbocycles. The number of imidazole rings is 1. The summed E-state index contributed by atoms with van der Waals surface area (Å²) in [7, 11) is 0. The van der Waals surface area contributed by atoms with E-state index in [9.17, 15) is 4.79 Å². The third-order valence-corrected chi connectivity index (χ3v) is 13.9. The van der Waals surface area contributed by atoms with Crippen LogP contribution in [0.25, 0.3) is 27.4 Å². The molecule has 2 aromatic carbocycles. The van der Waals surface area contributed by atoms with Crippen LogP contribution in [0.1, 0.15) is 89.3 Å². The van der Waals surface area contributed by atoms with Crippen LogP contribution in [-0.4, -0.2) is 105 Å². The maximum Gasteiger partial charge on any atom is 0.296 e. The quantitative estimate of drug-likeness (QED) is 0.0912. The summed E-state index contributed by atoms with van der Waals surface area (Å²) in [4.78, 5) is 34.7. The Labute approximate surface area is 375 Å². The molecule has 1 amide bonds. The zero-order valence-corrected chi connectivity index (χ0v) is 37.6. The number of carbonyl (C=O) groups is 1. The van der Waals surface area contributed by atoms with Crippen LogP contribution in [0.15, 0.2) is 59.6 Å². The molecule has 6 aromatic rings. The van der Waals surface area contributed by atoms with Gasteiger partial charge in [-0.25, -0.2) is 4.98 Å². The molecule has 0 spiro atoms. The number of piperidine rings is 1. The van der Waals surface area contributed by atoms with Gasteiger partial charge in [0.25, 0.3) is 6.01 Å². The third kappa shape index (κ3) is 9.32. The van der Waals surface area contributed by atoms with Gasteiger partial charge in [0.15, 0.2) is 11.5 Å². The highest BCUT2D eigenvalue weighted by Crippen LogP contribution is 2.40. The van der Waals surface area contributed by atoms with Crippen molar-refractivity contribution in [2.24, 2.45) is 4.99 Å². The highest BCUT2D eigenvalue weighted by Gasteiger charge is 2.32. The molecule has 324 valence electrons. The molecule has 6 heterocycles. The second kappa shape index (κ2) is 19.0. The first-order valence-corrected chi connectivity index (χ1v) is 23.1. The van der Waals surface area contributed by atoms with E-state index in [0.29, 0.717) is 66.4 Å². The zero-order valence-electron chi connectivity index (χ0n) is 35.3. The largest absolute Gasteiger partial charge is 0.461 e. The van der Waals surface area contributed by atoms with Crippen LogP contribution < -0.4 is 10.1 Å². The highest BCUT2D eigenvalue weighted by atomic mass is 35.5. The minimum Gasteiger partial charge on any atom is -0.461 e. The number of carbonyl (C=O) groups excluding carboxylic acids is 1. The van der Waals surface area contributed by atoms with Crippen LogP contribution in [0.5, 0.6) is 6.01 Å². The molecule has 0 unspecified atom stereocenters. The molecule has 1 aliphatic carbocycles. The van der Waals surface area contributed by atoms with Crippen molar-refractivity contribution in [1.29, 1.82) is 0 Å². The number of ether oxygens (including phenoxy) is 3. The Morgan fingerprint density at radius 3 is 2.39 bits per heavy atom. The number of hydrogen-bond acceptors (Lipinski definition) is 11. The molecule has 4 aromatic heterocycles. The molecular formula is C46H51Cl2N9O4S. The Hall–Kier alpha value is -4.70. The number of thiophene rings is 1. The predicted octanol–water partition coefficient (Wildman–Crippen LogP) is 8.74. The van der Waals surface area contributed by atoms with Gasteiger partial charge in [-0.2, -0.15) is 4.98 Å². The summed E-state index contributed by atoms with van der Waals surface area (Å²) in [5, 5.41) is 14.2. The molecule has 62 heavy (non-hydrogen) atoms. The molecular weight excluding hydrogens is 846 g/mol. The number of aromatic amines is 1. The molecule has 16 heteroatoms.